The number of benzene rings is 2. The van der Waals surface area contributed by atoms with E-state index >= 15 is 0 Å². The summed E-state index contributed by atoms with van der Waals surface area (Å²) in [6.07, 6.45) is 0.904. The first kappa shape index (κ1) is 22.3. The van der Waals surface area contributed by atoms with Crippen LogP contribution >= 0.6 is 0 Å². The number of nitrogens with one attached hydrogen (secondary N) is 3. The minimum absolute atomic E-state index is 0.0451. The zero-order chi connectivity index (χ0) is 21.1. The fourth-order valence-electron chi connectivity index (χ4n) is 2.76. The summed E-state index contributed by atoms with van der Waals surface area (Å²) in [5.74, 6) is 1.51. The Morgan fingerprint density at radius 3 is 2.55 bits per heavy atom. The molecule has 2 rings (SSSR count). The SMILES string of the molecule is CCOc1ccccc1CNC(=NC)NCc1cccc(C(=O)NC(C)CC)c1. The number of carbonyl (C=O) groups excluding carboxylic acids is 1. The number of amides is 1. The van der Waals surface area contributed by atoms with Crippen molar-refractivity contribution in [2.45, 2.75) is 46.3 Å². The Kier molecular flexibility index (Phi) is 9.02. The molecule has 0 bridgehead atoms. The van der Waals surface area contributed by atoms with Gasteiger partial charge in [0.25, 0.3) is 5.91 Å². The highest BCUT2D eigenvalue weighted by molar-refractivity contribution is 5.94. The van der Waals surface area contributed by atoms with Crippen LogP contribution in [0.2, 0.25) is 0 Å². The Bertz CT molecular complexity index is 820. The molecule has 1 atom stereocenters. The second kappa shape index (κ2) is 11.7. The Morgan fingerprint density at radius 2 is 1.83 bits per heavy atom. The van der Waals surface area contributed by atoms with Crippen molar-refractivity contribution in [2.24, 2.45) is 4.99 Å². The van der Waals surface area contributed by atoms with Gasteiger partial charge in [0, 0.05) is 37.3 Å². The first-order valence-corrected chi connectivity index (χ1v) is 10.1. The van der Waals surface area contributed by atoms with Crippen molar-refractivity contribution in [3.8, 4) is 5.75 Å². The van der Waals surface area contributed by atoms with Crippen molar-refractivity contribution < 1.29 is 9.53 Å². The summed E-state index contributed by atoms with van der Waals surface area (Å²) < 4.78 is 5.67. The molecule has 2 aromatic carbocycles. The summed E-state index contributed by atoms with van der Waals surface area (Å²) in [6, 6.07) is 15.7. The first-order chi connectivity index (χ1) is 14.1. The lowest BCUT2D eigenvalue weighted by Crippen LogP contribution is -2.36. The van der Waals surface area contributed by atoms with Crippen LogP contribution in [0.15, 0.2) is 53.5 Å². The molecular weight excluding hydrogens is 364 g/mol. The van der Waals surface area contributed by atoms with Crippen LogP contribution in [0.25, 0.3) is 0 Å². The van der Waals surface area contributed by atoms with Gasteiger partial charge >= 0.3 is 0 Å². The zero-order valence-corrected chi connectivity index (χ0v) is 17.8. The highest BCUT2D eigenvalue weighted by atomic mass is 16.5. The first-order valence-electron chi connectivity index (χ1n) is 10.1. The van der Waals surface area contributed by atoms with Gasteiger partial charge in [-0.2, -0.15) is 0 Å². The van der Waals surface area contributed by atoms with E-state index in [-0.39, 0.29) is 11.9 Å². The second-order valence-corrected chi connectivity index (χ2v) is 6.80. The zero-order valence-electron chi connectivity index (χ0n) is 17.8. The van der Waals surface area contributed by atoms with Crippen LogP contribution in [0, 0.1) is 0 Å². The molecule has 156 valence electrons. The molecule has 0 aromatic heterocycles. The lowest BCUT2D eigenvalue weighted by Gasteiger charge is -2.15. The van der Waals surface area contributed by atoms with E-state index in [0.29, 0.717) is 31.2 Å². The molecule has 3 N–H and O–H groups in total. The van der Waals surface area contributed by atoms with Crippen LogP contribution in [0.5, 0.6) is 5.75 Å². The molecule has 1 unspecified atom stereocenters. The molecular formula is C23H32N4O2. The fraction of sp³-hybridized carbons (Fsp3) is 0.391. The number of aliphatic imine (C=N–C) groups is 1. The predicted molar refractivity (Wildman–Crippen MR) is 118 cm³/mol. The van der Waals surface area contributed by atoms with Crippen molar-refractivity contribution in [2.75, 3.05) is 13.7 Å². The van der Waals surface area contributed by atoms with Gasteiger partial charge < -0.3 is 20.7 Å². The van der Waals surface area contributed by atoms with Gasteiger partial charge in [-0.15, -0.1) is 0 Å². The van der Waals surface area contributed by atoms with Crippen LogP contribution in [0.3, 0.4) is 0 Å². The van der Waals surface area contributed by atoms with Crippen LogP contribution in [0.1, 0.15) is 48.7 Å². The van der Waals surface area contributed by atoms with Crippen molar-refractivity contribution >= 4 is 11.9 Å². The quantitative estimate of drug-likeness (QED) is 0.448. The molecule has 0 aliphatic rings. The van der Waals surface area contributed by atoms with Crippen molar-refractivity contribution in [1.82, 2.24) is 16.0 Å². The lowest BCUT2D eigenvalue weighted by molar-refractivity contribution is 0.0939. The molecule has 0 aliphatic carbocycles. The fourth-order valence-corrected chi connectivity index (χ4v) is 2.76. The minimum Gasteiger partial charge on any atom is -0.494 e. The van der Waals surface area contributed by atoms with Crippen molar-refractivity contribution in [3.05, 3.63) is 65.2 Å². The summed E-state index contributed by atoms with van der Waals surface area (Å²) in [7, 11) is 1.74. The summed E-state index contributed by atoms with van der Waals surface area (Å²) >= 11 is 0. The minimum atomic E-state index is -0.0451. The van der Waals surface area contributed by atoms with E-state index < -0.39 is 0 Å². The van der Waals surface area contributed by atoms with E-state index in [1.165, 1.54) is 0 Å². The largest absolute Gasteiger partial charge is 0.494 e. The predicted octanol–water partition coefficient (Wildman–Crippen LogP) is 3.48. The average Bonchev–Trinajstić information content (AvgIpc) is 2.75. The number of guanidine groups is 1. The molecule has 1 amide bonds. The molecule has 0 heterocycles. The summed E-state index contributed by atoms with van der Waals surface area (Å²) in [5, 5.41) is 9.59. The third kappa shape index (κ3) is 7.14. The molecule has 0 aliphatic heterocycles. The Hall–Kier alpha value is -3.02. The molecule has 0 saturated carbocycles. The van der Waals surface area contributed by atoms with E-state index in [9.17, 15) is 4.79 Å². The van der Waals surface area contributed by atoms with Gasteiger partial charge in [0.2, 0.25) is 0 Å². The van der Waals surface area contributed by atoms with Gasteiger partial charge in [-0.05, 0) is 44.0 Å². The molecule has 2 aromatic rings. The third-order valence-electron chi connectivity index (χ3n) is 4.58. The van der Waals surface area contributed by atoms with Crippen LogP contribution in [0.4, 0.5) is 0 Å². The van der Waals surface area contributed by atoms with Crippen LogP contribution in [-0.4, -0.2) is 31.6 Å². The lowest BCUT2D eigenvalue weighted by atomic mass is 10.1. The van der Waals surface area contributed by atoms with E-state index in [1.54, 1.807) is 7.05 Å². The maximum atomic E-state index is 12.3. The van der Waals surface area contributed by atoms with Gasteiger partial charge in [-0.3, -0.25) is 9.79 Å². The van der Waals surface area contributed by atoms with E-state index in [2.05, 4.69) is 27.9 Å². The molecule has 6 heteroatoms. The number of para-hydroxylation sites is 1. The second-order valence-electron chi connectivity index (χ2n) is 6.80. The standard InChI is InChI=1S/C23H32N4O2/c1-5-17(3)27-22(28)19-12-9-10-18(14-19)15-25-23(24-4)26-16-20-11-7-8-13-21(20)29-6-2/h7-14,17H,5-6,15-16H2,1-4H3,(H,27,28)(H2,24,25,26). The number of carbonyl (C=O) groups is 1. The highest BCUT2D eigenvalue weighted by Crippen LogP contribution is 2.17. The third-order valence-corrected chi connectivity index (χ3v) is 4.58. The molecule has 29 heavy (non-hydrogen) atoms. The van der Waals surface area contributed by atoms with Crippen LogP contribution < -0.4 is 20.7 Å². The number of hydrogen-bond donors (Lipinski definition) is 3. The van der Waals surface area contributed by atoms with Crippen molar-refractivity contribution in [1.29, 1.82) is 0 Å². The van der Waals surface area contributed by atoms with Gasteiger partial charge in [0.1, 0.15) is 5.75 Å². The summed E-state index contributed by atoms with van der Waals surface area (Å²) in [4.78, 5) is 16.6. The number of rotatable bonds is 9. The Balaban J connectivity index is 1.93. The molecule has 0 fully saturated rings. The maximum absolute atomic E-state index is 12.3. The molecule has 0 saturated heterocycles. The van der Waals surface area contributed by atoms with Crippen molar-refractivity contribution in [3.63, 3.8) is 0 Å². The molecule has 0 radical (unpaired) electrons. The summed E-state index contributed by atoms with van der Waals surface area (Å²) in [6.45, 7) is 7.83. The van der Waals surface area contributed by atoms with Crippen LogP contribution in [-0.2, 0) is 13.1 Å². The number of hydrogen-bond acceptors (Lipinski definition) is 3. The monoisotopic (exact) mass is 396 g/mol. The number of nitrogens with zero attached hydrogens (tertiary/aromatic N) is 1. The van der Waals surface area contributed by atoms with E-state index in [0.717, 1.165) is 23.3 Å². The summed E-state index contributed by atoms with van der Waals surface area (Å²) in [5.41, 5.74) is 2.75. The van der Waals surface area contributed by atoms with Gasteiger partial charge in [-0.1, -0.05) is 37.3 Å². The smallest absolute Gasteiger partial charge is 0.251 e. The maximum Gasteiger partial charge on any atom is 0.251 e. The Morgan fingerprint density at radius 1 is 1.07 bits per heavy atom. The average molecular weight is 397 g/mol. The van der Waals surface area contributed by atoms with Gasteiger partial charge in [0.15, 0.2) is 5.96 Å². The highest BCUT2D eigenvalue weighted by Gasteiger charge is 2.09. The topological polar surface area (TPSA) is 74.8 Å². The molecule has 6 nitrogen and oxygen atoms in total. The van der Waals surface area contributed by atoms with E-state index in [1.807, 2.05) is 62.4 Å². The molecule has 0 spiro atoms. The number of ether oxygens (including phenoxy) is 1. The van der Waals surface area contributed by atoms with Gasteiger partial charge in [-0.25, -0.2) is 0 Å². The Labute approximate surface area is 173 Å². The van der Waals surface area contributed by atoms with Gasteiger partial charge in [0.05, 0.1) is 6.61 Å². The normalized spacial score (nSPS) is 12.2. The van der Waals surface area contributed by atoms with E-state index in [4.69, 9.17) is 4.74 Å².